The summed E-state index contributed by atoms with van der Waals surface area (Å²) in [5.41, 5.74) is 0. The van der Waals surface area contributed by atoms with Crippen molar-refractivity contribution in [3.8, 4) is 0 Å². The average molecular weight is 489 g/mol. The van der Waals surface area contributed by atoms with E-state index in [4.69, 9.17) is 16.7 Å². The van der Waals surface area contributed by atoms with E-state index in [-0.39, 0.29) is 4.88 Å². The predicted octanol–water partition coefficient (Wildman–Crippen LogP) is 4.24. The van der Waals surface area contributed by atoms with Crippen LogP contribution in [0.1, 0.15) is 19.3 Å². The minimum Gasteiger partial charge on any atom is -0.475 e. The fraction of sp³-hybridized carbons (Fsp3) is 0. The van der Waals surface area contributed by atoms with Crippen molar-refractivity contribution < 1.29 is 24.3 Å². The van der Waals surface area contributed by atoms with Crippen LogP contribution in [0.3, 0.4) is 0 Å². The van der Waals surface area contributed by atoms with Crippen LogP contribution < -0.4 is 0 Å². The monoisotopic (exact) mass is 486 g/mol. The van der Waals surface area contributed by atoms with Gasteiger partial charge in [-0.1, -0.05) is 0 Å². The number of thiophene rings is 2. The number of hydrogen-bond acceptors (Lipinski definition) is 6. The van der Waals surface area contributed by atoms with Crippen LogP contribution in [0, 0.1) is 0 Å². The number of carboxylic acid groups (broad SMARTS) is 1. The van der Waals surface area contributed by atoms with E-state index in [1.807, 2.05) is 0 Å². The van der Waals surface area contributed by atoms with Gasteiger partial charge in [0.15, 0.2) is 0 Å². The van der Waals surface area contributed by atoms with Crippen LogP contribution in [0.2, 0.25) is 0 Å². The molecule has 2 heterocycles. The minimum atomic E-state index is -1.42. The van der Waals surface area contributed by atoms with Gasteiger partial charge in [-0.25, -0.2) is 4.79 Å². The maximum absolute atomic E-state index is 10.9. The Morgan fingerprint density at radius 2 is 1.27 bits per heavy atom. The molecule has 0 aliphatic rings. The number of hydrogen-bond donors (Lipinski definition) is 1. The maximum atomic E-state index is 10.9. The third-order valence-electron chi connectivity index (χ3n) is 1.97. The zero-order chi connectivity index (χ0) is 16.9. The smallest absolute Gasteiger partial charge is 0.378 e. The summed E-state index contributed by atoms with van der Waals surface area (Å²) >= 11 is 13.6. The highest BCUT2D eigenvalue weighted by atomic mass is 79.9. The van der Waals surface area contributed by atoms with Crippen molar-refractivity contribution in [1.82, 2.24) is 0 Å². The molecule has 0 aliphatic heterocycles. The van der Waals surface area contributed by atoms with Gasteiger partial charge in [-0.05, 0) is 67.7 Å². The van der Waals surface area contributed by atoms with Crippen LogP contribution in [0.25, 0.3) is 0 Å². The number of Topliss-reactive ketones (excluding diaryl/α,β-unsaturated/α-hetero) is 2. The van der Waals surface area contributed by atoms with Crippen molar-refractivity contribution in [1.29, 1.82) is 0 Å². The average Bonchev–Trinajstić information content (AvgIpc) is 3.06. The molecule has 0 amide bonds. The number of aliphatic carboxylic acids is 1. The molecule has 2 aromatic rings. The summed E-state index contributed by atoms with van der Waals surface area (Å²) in [6, 6.07) is 6.36. The standard InChI is InChI=1S/C6H2BrClO2S.C6H3BrO3S/c7-4-2-1-3(11-4)5(9)6(8)10;7-4-2-1-3(11-4)5(8)6(9)10/h1-2H;1-2H,(H,9,10). The van der Waals surface area contributed by atoms with Crippen LogP contribution in [-0.4, -0.2) is 27.9 Å². The lowest BCUT2D eigenvalue weighted by Gasteiger charge is -1.85. The summed E-state index contributed by atoms with van der Waals surface area (Å²) in [6.45, 7) is 0. The van der Waals surface area contributed by atoms with Crippen LogP contribution in [0.4, 0.5) is 0 Å². The first-order chi connectivity index (χ1) is 10.2. The molecule has 116 valence electrons. The number of carbonyl (C=O) groups excluding carboxylic acids is 3. The highest BCUT2D eigenvalue weighted by Crippen LogP contribution is 2.23. The van der Waals surface area contributed by atoms with Crippen molar-refractivity contribution in [3.05, 3.63) is 41.6 Å². The van der Waals surface area contributed by atoms with Crippen LogP contribution >= 0.6 is 66.1 Å². The van der Waals surface area contributed by atoms with Crippen molar-refractivity contribution in [2.75, 3.05) is 0 Å². The third kappa shape index (κ3) is 5.73. The number of carbonyl (C=O) groups is 4. The lowest BCUT2D eigenvalue weighted by molar-refractivity contribution is -0.131. The Kier molecular flexibility index (Phi) is 7.57. The molecule has 2 aromatic heterocycles. The Balaban J connectivity index is 0.000000220. The lowest BCUT2D eigenvalue weighted by Crippen LogP contribution is -2.10. The molecule has 0 atom stereocenters. The van der Waals surface area contributed by atoms with Gasteiger partial charge < -0.3 is 5.11 Å². The molecular formula is C12H5Br2ClO5S2. The van der Waals surface area contributed by atoms with Crippen molar-refractivity contribution in [2.45, 2.75) is 0 Å². The van der Waals surface area contributed by atoms with E-state index in [1.54, 1.807) is 18.2 Å². The van der Waals surface area contributed by atoms with Crippen molar-refractivity contribution in [2.24, 2.45) is 0 Å². The molecule has 0 radical (unpaired) electrons. The molecule has 0 unspecified atom stereocenters. The Hall–Kier alpha value is -0.870. The highest BCUT2D eigenvalue weighted by molar-refractivity contribution is 9.11. The molecular weight excluding hydrogens is 484 g/mol. The number of halogens is 3. The van der Waals surface area contributed by atoms with Gasteiger partial charge in [0.2, 0.25) is 0 Å². The first-order valence-electron chi connectivity index (χ1n) is 5.24. The molecule has 1 N–H and O–H groups in total. The van der Waals surface area contributed by atoms with E-state index in [9.17, 15) is 19.2 Å². The van der Waals surface area contributed by atoms with E-state index in [0.717, 1.165) is 18.9 Å². The van der Waals surface area contributed by atoms with Gasteiger partial charge in [0.25, 0.3) is 16.8 Å². The summed E-state index contributed by atoms with van der Waals surface area (Å²) in [5, 5.41) is 7.34. The molecule has 0 aromatic carbocycles. The summed E-state index contributed by atoms with van der Waals surface area (Å²) in [7, 11) is 0. The fourth-order valence-electron chi connectivity index (χ4n) is 1.07. The van der Waals surface area contributed by atoms with E-state index >= 15 is 0 Å². The van der Waals surface area contributed by atoms with Gasteiger partial charge in [-0.3, -0.25) is 14.4 Å². The van der Waals surface area contributed by atoms with Crippen LogP contribution in [0.15, 0.2) is 31.8 Å². The molecule has 10 heteroatoms. The number of carboxylic acids is 1. The Bertz CT molecular complexity index is 675. The van der Waals surface area contributed by atoms with Crippen molar-refractivity contribution >= 4 is 88.9 Å². The van der Waals surface area contributed by atoms with Crippen LogP contribution in [-0.2, 0) is 9.59 Å². The molecule has 0 aliphatic carbocycles. The normalized spacial score (nSPS) is 9.59. The SMILES string of the molecule is O=C(Cl)C(=O)c1ccc(Br)s1.O=C(O)C(=O)c1ccc(Br)s1. The second-order valence-corrected chi connectivity index (χ2v) is 8.71. The molecule has 0 bridgehead atoms. The topological polar surface area (TPSA) is 88.5 Å². The molecule has 0 saturated carbocycles. The minimum absolute atomic E-state index is 0.240. The Labute approximate surface area is 154 Å². The zero-order valence-electron chi connectivity index (χ0n) is 10.3. The van der Waals surface area contributed by atoms with Gasteiger partial charge in [0, 0.05) is 0 Å². The zero-order valence-corrected chi connectivity index (χ0v) is 15.9. The Morgan fingerprint density at radius 1 is 0.864 bits per heavy atom. The summed E-state index contributed by atoms with van der Waals surface area (Å²) in [5.74, 6) is -2.93. The van der Waals surface area contributed by atoms with Crippen LogP contribution in [0.5, 0.6) is 0 Å². The summed E-state index contributed by atoms with van der Waals surface area (Å²) in [6.07, 6.45) is 0. The summed E-state index contributed by atoms with van der Waals surface area (Å²) in [4.78, 5) is 42.7. The second-order valence-electron chi connectivity index (χ2n) is 3.44. The van der Waals surface area contributed by atoms with E-state index < -0.39 is 22.8 Å². The largest absolute Gasteiger partial charge is 0.475 e. The highest BCUT2D eigenvalue weighted by Gasteiger charge is 2.16. The second kappa shape index (κ2) is 8.68. The van der Waals surface area contributed by atoms with Crippen molar-refractivity contribution in [3.63, 3.8) is 0 Å². The molecule has 5 nitrogen and oxygen atoms in total. The van der Waals surface area contributed by atoms with E-state index in [2.05, 4.69) is 31.9 Å². The summed E-state index contributed by atoms with van der Waals surface area (Å²) < 4.78 is 1.56. The first-order valence-corrected chi connectivity index (χ1v) is 8.84. The van der Waals surface area contributed by atoms with Gasteiger partial charge in [-0.2, -0.15) is 0 Å². The predicted molar refractivity (Wildman–Crippen MR) is 91.2 cm³/mol. The van der Waals surface area contributed by atoms with Gasteiger partial charge in [-0.15, -0.1) is 22.7 Å². The van der Waals surface area contributed by atoms with Gasteiger partial charge >= 0.3 is 5.97 Å². The third-order valence-corrected chi connectivity index (χ3v) is 5.38. The van der Waals surface area contributed by atoms with E-state index in [1.165, 1.54) is 17.4 Å². The van der Waals surface area contributed by atoms with Gasteiger partial charge in [0.1, 0.15) is 0 Å². The van der Waals surface area contributed by atoms with E-state index in [0.29, 0.717) is 4.88 Å². The quantitative estimate of drug-likeness (QED) is 0.395. The molecule has 0 fully saturated rings. The molecule has 2 rings (SSSR count). The van der Waals surface area contributed by atoms with Gasteiger partial charge in [0.05, 0.1) is 17.3 Å². The maximum Gasteiger partial charge on any atom is 0.378 e. The number of ketones is 2. The number of rotatable bonds is 4. The first kappa shape index (κ1) is 19.2. The molecule has 0 saturated heterocycles. The lowest BCUT2D eigenvalue weighted by atomic mass is 10.3. The molecule has 22 heavy (non-hydrogen) atoms. The fourth-order valence-corrected chi connectivity index (χ4v) is 3.87. The molecule has 0 spiro atoms. The Morgan fingerprint density at radius 3 is 1.55 bits per heavy atom.